The fourth-order valence-corrected chi connectivity index (χ4v) is 1.87. The molecule has 0 fully saturated rings. The number of hydrogen-bond acceptors (Lipinski definition) is 2. The number of rotatable bonds is 8. The average molecular weight is 284 g/mol. The van der Waals surface area contributed by atoms with Gasteiger partial charge < -0.3 is 10.1 Å². The van der Waals surface area contributed by atoms with Crippen molar-refractivity contribution in [3.05, 3.63) is 34.9 Å². The van der Waals surface area contributed by atoms with Gasteiger partial charge in [-0.1, -0.05) is 44.5 Å². The van der Waals surface area contributed by atoms with Crippen molar-refractivity contribution in [3.8, 4) is 0 Å². The summed E-state index contributed by atoms with van der Waals surface area (Å²) in [4.78, 5) is 0. The van der Waals surface area contributed by atoms with Gasteiger partial charge >= 0.3 is 0 Å². The van der Waals surface area contributed by atoms with Crippen LogP contribution in [-0.2, 0) is 4.74 Å². The second-order valence-corrected chi connectivity index (χ2v) is 5.77. The predicted molar refractivity (Wildman–Crippen MR) is 82.7 cm³/mol. The third-order valence-corrected chi connectivity index (χ3v) is 3.57. The Hall–Kier alpha value is -0.570. The summed E-state index contributed by atoms with van der Waals surface area (Å²) < 4.78 is 6.18. The van der Waals surface area contributed by atoms with E-state index >= 15 is 0 Å². The highest BCUT2D eigenvalue weighted by molar-refractivity contribution is 6.30. The first-order valence-electron chi connectivity index (χ1n) is 7.16. The molecule has 0 spiro atoms. The molecule has 1 aromatic rings. The van der Waals surface area contributed by atoms with Crippen LogP contribution in [0.3, 0.4) is 0 Å². The molecule has 3 heteroatoms. The van der Waals surface area contributed by atoms with Crippen LogP contribution in [0.5, 0.6) is 0 Å². The molecule has 0 amide bonds. The zero-order valence-electron chi connectivity index (χ0n) is 12.4. The van der Waals surface area contributed by atoms with Crippen LogP contribution in [0.25, 0.3) is 0 Å². The van der Waals surface area contributed by atoms with Gasteiger partial charge in [-0.05, 0) is 43.5 Å². The lowest BCUT2D eigenvalue weighted by Gasteiger charge is -2.25. The average Bonchev–Trinajstić information content (AvgIpc) is 2.38. The Bertz CT molecular complexity index is 350. The molecular weight excluding hydrogens is 258 g/mol. The highest BCUT2D eigenvalue weighted by Crippen LogP contribution is 2.23. The van der Waals surface area contributed by atoms with Crippen LogP contribution in [0.4, 0.5) is 0 Å². The van der Waals surface area contributed by atoms with E-state index < -0.39 is 0 Å². The summed E-state index contributed by atoms with van der Waals surface area (Å²) in [5.74, 6) is 0.515. The van der Waals surface area contributed by atoms with Crippen LogP contribution < -0.4 is 5.32 Å². The van der Waals surface area contributed by atoms with E-state index in [2.05, 4.69) is 33.0 Å². The van der Waals surface area contributed by atoms with Gasteiger partial charge in [0, 0.05) is 11.6 Å². The zero-order chi connectivity index (χ0) is 14.3. The van der Waals surface area contributed by atoms with Gasteiger partial charge in [-0.25, -0.2) is 0 Å². The van der Waals surface area contributed by atoms with Crippen molar-refractivity contribution in [1.29, 1.82) is 0 Å². The molecule has 2 nitrogen and oxygen atoms in total. The highest BCUT2D eigenvalue weighted by Gasteiger charge is 2.17. The van der Waals surface area contributed by atoms with Crippen molar-refractivity contribution < 1.29 is 4.74 Å². The molecule has 2 atom stereocenters. The molecule has 0 saturated carbocycles. The molecule has 2 unspecified atom stereocenters. The van der Waals surface area contributed by atoms with Crippen LogP contribution in [0.15, 0.2) is 24.3 Å². The fraction of sp³-hybridized carbons (Fsp3) is 0.625. The van der Waals surface area contributed by atoms with Crippen LogP contribution in [0.1, 0.15) is 45.8 Å². The summed E-state index contributed by atoms with van der Waals surface area (Å²) in [6.45, 7) is 10.5. The lowest BCUT2D eigenvalue weighted by Crippen LogP contribution is -2.28. The highest BCUT2D eigenvalue weighted by atomic mass is 35.5. The summed E-state index contributed by atoms with van der Waals surface area (Å²) >= 11 is 5.94. The maximum absolute atomic E-state index is 6.18. The minimum absolute atomic E-state index is 0.0845. The molecular formula is C16H26ClNO. The standard InChI is InChI=1S/C16H26ClNO/c1-5-10-18-11-16(19-13(4)12(2)3)14-6-8-15(17)9-7-14/h6-9,12-13,16,18H,5,10-11H2,1-4H3. The Kier molecular flexibility index (Phi) is 7.44. The third kappa shape index (κ3) is 5.94. The topological polar surface area (TPSA) is 21.3 Å². The quantitative estimate of drug-likeness (QED) is 0.712. The smallest absolute Gasteiger partial charge is 0.0952 e. The Morgan fingerprint density at radius 2 is 1.79 bits per heavy atom. The van der Waals surface area contributed by atoms with Gasteiger partial charge in [0.15, 0.2) is 0 Å². The summed E-state index contributed by atoms with van der Waals surface area (Å²) in [6, 6.07) is 7.95. The molecule has 1 aromatic carbocycles. The first-order chi connectivity index (χ1) is 9.04. The zero-order valence-corrected chi connectivity index (χ0v) is 13.2. The fourth-order valence-electron chi connectivity index (χ4n) is 1.75. The molecule has 19 heavy (non-hydrogen) atoms. The van der Waals surface area contributed by atoms with Crippen molar-refractivity contribution in [2.45, 2.75) is 46.3 Å². The van der Waals surface area contributed by atoms with E-state index in [-0.39, 0.29) is 12.2 Å². The molecule has 0 aliphatic carbocycles. The van der Waals surface area contributed by atoms with E-state index in [1.54, 1.807) is 0 Å². The minimum Gasteiger partial charge on any atom is -0.369 e. The molecule has 0 heterocycles. The molecule has 108 valence electrons. The second-order valence-electron chi connectivity index (χ2n) is 5.33. The van der Waals surface area contributed by atoms with Gasteiger partial charge in [0.1, 0.15) is 0 Å². The van der Waals surface area contributed by atoms with E-state index in [4.69, 9.17) is 16.3 Å². The summed E-state index contributed by atoms with van der Waals surface area (Å²) in [5, 5.41) is 4.20. The maximum atomic E-state index is 6.18. The SMILES string of the molecule is CCCNCC(OC(C)C(C)C)c1ccc(Cl)cc1. The van der Waals surface area contributed by atoms with Gasteiger partial charge in [0.25, 0.3) is 0 Å². The molecule has 0 saturated heterocycles. The van der Waals surface area contributed by atoms with E-state index in [0.29, 0.717) is 5.92 Å². The predicted octanol–water partition coefficient (Wildman–Crippen LogP) is 4.44. The summed E-state index contributed by atoms with van der Waals surface area (Å²) in [5.41, 5.74) is 1.18. The van der Waals surface area contributed by atoms with E-state index in [1.165, 1.54) is 5.56 Å². The summed E-state index contributed by atoms with van der Waals surface area (Å²) in [7, 11) is 0. The second kappa shape index (κ2) is 8.57. The van der Waals surface area contributed by atoms with Crippen LogP contribution in [0.2, 0.25) is 5.02 Å². The normalized spacial score (nSPS) is 14.6. The molecule has 0 aliphatic rings. The van der Waals surface area contributed by atoms with Gasteiger partial charge in [-0.3, -0.25) is 0 Å². The molecule has 1 N–H and O–H groups in total. The first-order valence-corrected chi connectivity index (χ1v) is 7.54. The van der Waals surface area contributed by atoms with Crippen LogP contribution in [-0.4, -0.2) is 19.2 Å². The number of benzene rings is 1. The number of halogens is 1. The van der Waals surface area contributed by atoms with Crippen molar-refractivity contribution in [3.63, 3.8) is 0 Å². The lowest BCUT2D eigenvalue weighted by atomic mass is 10.1. The molecule has 0 aromatic heterocycles. The molecule has 0 radical (unpaired) electrons. The number of ether oxygens (including phenoxy) is 1. The van der Waals surface area contributed by atoms with Crippen molar-refractivity contribution in [1.82, 2.24) is 5.32 Å². The van der Waals surface area contributed by atoms with Crippen LogP contribution >= 0.6 is 11.6 Å². The van der Waals surface area contributed by atoms with Gasteiger partial charge in [0.2, 0.25) is 0 Å². The van der Waals surface area contributed by atoms with Gasteiger partial charge in [-0.2, -0.15) is 0 Å². The number of hydrogen-bond donors (Lipinski definition) is 1. The largest absolute Gasteiger partial charge is 0.369 e. The molecule has 0 aliphatic heterocycles. The molecule has 1 rings (SSSR count). The number of nitrogens with one attached hydrogen (secondary N) is 1. The molecule has 0 bridgehead atoms. The van der Waals surface area contributed by atoms with Gasteiger partial charge in [0.05, 0.1) is 12.2 Å². The Morgan fingerprint density at radius 1 is 1.16 bits per heavy atom. The first kappa shape index (κ1) is 16.5. The lowest BCUT2D eigenvalue weighted by molar-refractivity contribution is -0.0258. The van der Waals surface area contributed by atoms with E-state index in [0.717, 1.165) is 24.5 Å². The third-order valence-electron chi connectivity index (χ3n) is 3.32. The van der Waals surface area contributed by atoms with Crippen LogP contribution in [0, 0.1) is 5.92 Å². The van der Waals surface area contributed by atoms with E-state index in [9.17, 15) is 0 Å². The van der Waals surface area contributed by atoms with Crippen molar-refractivity contribution >= 4 is 11.6 Å². The Labute approximate surface area is 122 Å². The monoisotopic (exact) mass is 283 g/mol. The van der Waals surface area contributed by atoms with Gasteiger partial charge in [-0.15, -0.1) is 0 Å². The van der Waals surface area contributed by atoms with Crippen molar-refractivity contribution in [2.75, 3.05) is 13.1 Å². The van der Waals surface area contributed by atoms with E-state index in [1.807, 2.05) is 24.3 Å². The Morgan fingerprint density at radius 3 is 2.32 bits per heavy atom. The van der Waals surface area contributed by atoms with Crippen molar-refractivity contribution in [2.24, 2.45) is 5.92 Å². The Balaban J connectivity index is 2.70. The minimum atomic E-state index is 0.0845. The maximum Gasteiger partial charge on any atom is 0.0952 e. The summed E-state index contributed by atoms with van der Waals surface area (Å²) in [6.07, 6.45) is 1.46.